The summed E-state index contributed by atoms with van der Waals surface area (Å²) in [6, 6.07) is 19.2. The number of aryl methyl sites for hydroxylation is 1. The molecule has 0 aliphatic carbocycles. The molecule has 0 bridgehead atoms. The number of hydrogen-bond acceptors (Lipinski definition) is 3. The van der Waals surface area contributed by atoms with Gasteiger partial charge in [-0.2, -0.15) is 0 Å². The molecule has 1 N–H and O–H groups in total. The lowest BCUT2D eigenvalue weighted by Gasteiger charge is -2.05. The summed E-state index contributed by atoms with van der Waals surface area (Å²) < 4.78 is 0. The number of thiazole rings is 1. The molecule has 106 valence electrons. The fourth-order valence-corrected chi connectivity index (χ4v) is 3.03. The largest absolute Gasteiger partial charge is 0.308 e. The van der Waals surface area contributed by atoms with E-state index in [-0.39, 0.29) is 0 Å². The number of nitrogens with zero attached hydrogens (tertiary/aromatic N) is 1. The molecular formula is C18H18N2S. The predicted octanol–water partition coefficient (Wildman–Crippen LogP) is 4.41. The molecular weight excluding hydrogens is 276 g/mol. The Morgan fingerprint density at radius 1 is 0.905 bits per heavy atom. The normalized spacial score (nSPS) is 10.7. The SMILES string of the molecule is Cc1ncc(CNCc2ccc(-c3ccccc3)cc2)s1. The fourth-order valence-electron chi connectivity index (χ4n) is 2.26. The van der Waals surface area contributed by atoms with Gasteiger partial charge in [0.15, 0.2) is 0 Å². The van der Waals surface area contributed by atoms with E-state index in [1.807, 2.05) is 19.2 Å². The van der Waals surface area contributed by atoms with Gasteiger partial charge in [0.25, 0.3) is 0 Å². The molecule has 0 aliphatic heterocycles. The Hall–Kier alpha value is -1.97. The minimum atomic E-state index is 0.881. The Morgan fingerprint density at radius 2 is 1.62 bits per heavy atom. The van der Waals surface area contributed by atoms with Crippen molar-refractivity contribution in [3.05, 3.63) is 76.2 Å². The molecule has 0 amide bonds. The van der Waals surface area contributed by atoms with Crippen LogP contribution in [0.25, 0.3) is 11.1 Å². The molecule has 0 unspecified atom stereocenters. The summed E-state index contributed by atoms with van der Waals surface area (Å²) in [7, 11) is 0. The Labute approximate surface area is 129 Å². The van der Waals surface area contributed by atoms with E-state index in [1.54, 1.807) is 11.3 Å². The molecule has 0 atom stereocenters. The summed E-state index contributed by atoms with van der Waals surface area (Å²) >= 11 is 1.75. The van der Waals surface area contributed by atoms with Crippen molar-refractivity contribution >= 4 is 11.3 Å². The molecule has 0 aliphatic rings. The van der Waals surface area contributed by atoms with Crippen molar-refractivity contribution in [3.63, 3.8) is 0 Å². The third-order valence-corrected chi connectivity index (χ3v) is 4.27. The quantitative estimate of drug-likeness (QED) is 0.754. The average molecular weight is 294 g/mol. The van der Waals surface area contributed by atoms with Crippen LogP contribution in [0.5, 0.6) is 0 Å². The van der Waals surface area contributed by atoms with E-state index in [4.69, 9.17) is 0 Å². The molecule has 1 aromatic heterocycles. The Morgan fingerprint density at radius 3 is 2.29 bits per heavy atom. The van der Waals surface area contributed by atoms with Gasteiger partial charge < -0.3 is 5.32 Å². The van der Waals surface area contributed by atoms with Crippen LogP contribution < -0.4 is 5.32 Å². The van der Waals surface area contributed by atoms with Gasteiger partial charge >= 0.3 is 0 Å². The lowest BCUT2D eigenvalue weighted by molar-refractivity contribution is 0.700. The molecule has 2 nitrogen and oxygen atoms in total. The summed E-state index contributed by atoms with van der Waals surface area (Å²) in [5.41, 5.74) is 3.82. The maximum atomic E-state index is 4.27. The van der Waals surface area contributed by atoms with E-state index in [0.717, 1.165) is 18.1 Å². The maximum Gasteiger partial charge on any atom is 0.0897 e. The molecule has 2 aromatic carbocycles. The van der Waals surface area contributed by atoms with Crippen LogP contribution in [-0.2, 0) is 13.1 Å². The Balaban J connectivity index is 1.57. The summed E-state index contributed by atoms with van der Waals surface area (Å²) in [5, 5.41) is 4.59. The first-order valence-corrected chi connectivity index (χ1v) is 7.89. The zero-order valence-corrected chi connectivity index (χ0v) is 12.9. The number of aromatic nitrogens is 1. The van der Waals surface area contributed by atoms with Crippen LogP contribution in [0, 0.1) is 6.92 Å². The van der Waals surface area contributed by atoms with Gasteiger partial charge in [0.1, 0.15) is 0 Å². The topological polar surface area (TPSA) is 24.9 Å². The highest BCUT2D eigenvalue weighted by Crippen LogP contribution is 2.19. The zero-order chi connectivity index (χ0) is 14.5. The van der Waals surface area contributed by atoms with Crippen molar-refractivity contribution < 1.29 is 0 Å². The molecule has 3 aromatic rings. The van der Waals surface area contributed by atoms with Gasteiger partial charge in [0.05, 0.1) is 5.01 Å². The van der Waals surface area contributed by atoms with Crippen molar-refractivity contribution in [2.75, 3.05) is 0 Å². The molecule has 0 saturated heterocycles. The standard InChI is InChI=1S/C18H18N2S/c1-14-20-13-18(21-14)12-19-11-15-7-9-17(10-8-15)16-5-3-2-4-6-16/h2-10,13,19H,11-12H2,1H3. The Bertz CT molecular complexity index is 687. The molecule has 21 heavy (non-hydrogen) atoms. The van der Waals surface area contributed by atoms with Gasteiger partial charge in [-0.05, 0) is 23.6 Å². The van der Waals surface area contributed by atoms with Crippen LogP contribution in [0.4, 0.5) is 0 Å². The van der Waals surface area contributed by atoms with E-state index in [9.17, 15) is 0 Å². The molecule has 3 heteroatoms. The van der Waals surface area contributed by atoms with E-state index >= 15 is 0 Å². The number of rotatable bonds is 5. The third-order valence-electron chi connectivity index (χ3n) is 3.36. The van der Waals surface area contributed by atoms with Crippen LogP contribution >= 0.6 is 11.3 Å². The van der Waals surface area contributed by atoms with Gasteiger partial charge in [-0.25, -0.2) is 4.98 Å². The first-order valence-electron chi connectivity index (χ1n) is 7.07. The van der Waals surface area contributed by atoms with Gasteiger partial charge in [-0.1, -0.05) is 54.6 Å². The lowest BCUT2D eigenvalue weighted by atomic mass is 10.0. The smallest absolute Gasteiger partial charge is 0.0897 e. The van der Waals surface area contributed by atoms with Gasteiger partial charge in [0.2, 0.25) is 0 Å². The van der Waals surface area contributed by atoms with Crippen molar-refractivity contribution in [2.24, 2.45) is 0 Å². The molecule has 3 rings (SSSR count). The Kier molecular flexibility index (Phi) is 4.43. The molecule has 0 spiro atoms. The van der Waals surface area contributed by atoms with Crippen molar-refractivity contribution in [2.45, 2.75) is 20.0 Å². The summed E-state index contributed by atoms with van der Waals surface area (Å²) in [6.45, 7) is 3.80. The van der Waals surface area contributed by atoms with Crippen LogP contribution in [0.3, 0.4) is 0 Å². The van der Waals surface area contributed by atoms with E-state index < -0.39 is 0 Å². The zero-order valence-electron chi connectivity index (χ0n) is 12.0. The van der Waals surface area contributed by atoms with E-state index in [1.165, 1.54) is 21.6 Å². The van der Waals surface area contributed by atoms with Crippen LogP contribution in [-0.4, -0.2) is 4.98 Å². The van der Waals surface area contributed by atoms with Crippen molar-refractivity contribution in [1.29, 1.82) is 0 Å². The second kappa shape index (κ2) is 6.66. The first kappa shape index (κ1) is 14.0. The first-order chi connectivity index (χ1) is 10.3. The highest BCUT2D eigenvalue weighted by atomic mass is 32.1. The van der Waals surface area contributed by atoms with E-state index in [2.05, 4.69) is 58.8 Å². The van der Waals surface area contributed by atoms with Gasteiger partial charge in [-0.15, -0.1) is 11.3 Å². The fraction of sp³-hybridized carbons (Fsp3) is 0.167. The molecule has 1 heterocycles. The lowest BCUT2D eigenvalue weighted by Crippen LogP contribution is -2.11. The van der Waals surface area contributed by atoms with Gasteiger partial charge in [0, 0.05) is 24.2 Å². The van der Waals surface area contributed by atoms with Crippen LogP contribution in [0.2, 0.25) is 0 Å². The summed E-state index contributed by atoms with van der Waals surface area (Å²) in [5.74, 6) is 0. The second-order valence-electron chi connectivity index (χ2n) is 5.01. The number of benzene rings is 2. The minimum Gasteiger partial charge on any atom is -0.308 e. The maximum absolute atomic E-state index is 4.27. The second-order valence-corrected chi connectivity index (χ2v) is 6.33. The third kappa shape index (κ3) is 3.78. The average Bonchev–Trinajstić information content (AvgIpc) is 2.94. The summed E-state index contributed by atoms with van der Waals surface area (Å²) in [4.78, 5) is 5.55. The van der Waals surface area contributed by atoms with Crippen LogP contribution in [0.1, 0.15) is 15.4 Å². The highest BCUT2D eigenvalue weighted by molar-refractivity contribution is 7.11. The monoisotopic (exact) mass is 294 g/mol. The number of nitrogens with one attached hydrogen (secondary N) is 1. The highest BCUT2D eigenvalue weighted by Gasteiger charge is 1.99. The number of hydrogen-bond donors (Lipinski definition) is 1. The molecule has 0 fully saturated rings. The minimum absolute atomic E-state index is 0.881. The van der Waals surface area contributed by atoms with Crippen molar-refractivity contribution in [3.8, 4) is 11.1 Å². The molecule has 0 radical (unpaired) electrons. The van der Waals surface area contributed by atoms with Crippen molar-refractivity contribution in [1.82, 2.24) is 10.3 Å². The van der Waals surface area contributed by atoms with Gasteiger partial charge in [-0.3, -0.25) is 0 Å². The molecule has 0 saturated carbocycles. The summed E-state index contributed by atoms with van der Waals surface area (Å²) in [6.07, 6.45) is 1.95. The predicted molar refractivity (Wildman–Crippen MR) is 89.3 cm³/mol. The van der Waals surface area contributed by atoms with E-state index in [0.29, 0.717) is 0 Å². The van der Waals surface area contributed by atoms with Crippen LogP contribution in [0.15, 0.2) is 60.8 Å².